The smallest absolute Gasteiger partial charge is 0.329 e. The molecule has 8 nitrogen and oxygen atoms in total. The molecule has 0 bridgehead atoms. The zero-order valence-corrected chi connectivity index (χ0v) is 11.9. The molecule has 0 spiro atoms. The highest BCUT2D eigenvalue weighted by atomic mass is 16.2. The molecule has 0 saturated heterocycles. The molecule has 0 fully saturated rings. The molecule has 0 radical (unpaired) electrons. The van der Waals surface area contributed by atoms with Crippen LogP contribution in [0, 0.1) is 0 Å². The summed E-state index contributed by atoms with van der Waals surface area (Å²) in [4.78, 5) is 36.6. The van der Waals surface area contributed by atoms with E-state index in [1.165, 1.54) is 7.05 Å². The van der Waals surface area contributed by atoms with Crippen LogP contribution in [-0.2, 0) is 11.8 Å². The van der Waals surface area contributed by atoms with Crippen LogP contribution in [0.3, 0.4) is 0 Å². The van der Waals surface area contributed by atoms with Crippen molar-refractivity contribution in [1.82, 2.24) is 14.9 Å². The summed E-state index contributed by atoms with van der Waals surface area (Å²) in [7, 11) is 1.45. The standard InChI is InChI=1S/C12H21N5O3/c1-4-7(2)15-8(18)5-6-14-9-10(13)17(3)12(20)16-11(9)19/h7,14H,4-6,13H2,1-3H3,(H,15,18)(H,16,19,20). The Hall–Kier alpha value is -2.25. The normalized spacial score (nSPS) is 11.9. The van der Waals surface area contributed by atoms with Crippen LogP contribution in [0.5, 0.6) is 0 Å². The second-order valence-electron chi connectivity index (χ2n) is 4.63. The van der Waals surface area contributed by atoms with Gasteiger partial charge in [0.05, 0.1) is 0 Å². The molecule has 1 atom stereocenters. The van der Waals surface area contributed by atoms with Gasteiger partial charge in [0.2, 0.25) is 5.91 Å². The first-order valence-corrected chi connectivity index (χ1v) is 6.48. The van der Waals surface area contributed by atoms with Gasteiger partial charge >= 0.3 is 5.69 Å². The number of hydrogen-bond acceptors (Lipinski definition) is 5. The fourth-order valence-electron chi connectivity index (χ4n) is 1.56. The van der Waals surface area contributed by atoms with Crippen LogP contribution in [-0.4, -0.2) is 28.0 Å². The van der Waals surface area contributed by atoms with Gasteiger partial charge in [-0.05, 0) is 13.3 Å². The molecule has 1 heterocycles. The van der Waals surface area contributed by atoms with Gasteiger partial charge in [0.15, 0.2) is 0 Å². The quantitative estimate of drug-likeness (QED) is 0.554. The van der Waals surface area contributed by atoms with E-state index in [9.17, 15) is 14.4 Å². The average molecular weight is 283 g/mol. The van der Waals surface area contributed by atoms with Crippen LogP contribution in [0.1, 0.15) is 26.7 Å². The summed E-state index contributed by atoms with van der Waals surface area (Å²) in [5.74, 6) is -0.0623. The number of rotatable bonds is 6. The third-order valence-corrected chi connectivity index (χ3v) is 3.04. The number of aromatic nitrogens is 2. The van der Waals surface area contributed by atoms with Crippen molar-refractivity contribution in [3.63, 3.8) is 0 Å². The van der Waals surface area contributed by atoms with E-state index in [0.717, 1.165) is 11.0 Å². The maximum Gasteiger partial charge on any atom is 0.329 e. The van der Waals surface area contributed by atoms with E-state index in [-0.39, 0.29) is 36.4 Å². The van der Waals surface area contributed by atoms with E-state index >= 15 is 0 Å². The monoisotopic (exact) mass is 283 g/mol. The van der Waals surface area contributed by atoms with Crippen molar-refractivity contribution in [3.8, 4) is 0 Å². The van der Waals surface area contributed by atoms with Gasteiger partial charge in [0.1, 0.15) is 11.5 Å². The molecule has 1 aromatic rings. The van der Waals surface area contributed by atoms with Gasteiger partial charge in [0.25, 0.3) is 5.56 Å². The van der Waals surface area contributed by atoms with Crippen molar-refractivity contribution in [2.24, 2.45) is 7.05 Å². The van der Waals surface area contributed by atoms with Crippen LogP contribution in [0.25, 0.3) is 0 Å². The lowest BCUT2D eigenvalue weighted by Gasteiger charge is -2.13. The summed E-state index contributed by atoms with van der Waals surface area (Å²) >= 11 is 0. The van der Waals surface area contributed by atoms with Crippen LogP contribution >= 0.6 is 0 Å². The molecule has 1 aromatic heterocycles. The first kappa shape index (κ1) is 15.8. The summed E-state index contributed by atoms with van der Waals surface area (Å²) < 4.78 is 1.13. The highest BCUT2D eigenvalue weighted by Crippen LogP contribution is 2.07. The molecule has 8 heteroatoms. The zero-order chi connectivity index (χ0) is 15.3. The zero-order valence-electron chi connectivity index (χ0n) is 11.9. The topological polar surface area (TPSA) is 122 Å². The summed E-state index contributed by atoms with van der Waals surface area (Å²) in [6, 6.07) is 0.119. The molecule has 5 N–H and O–H groups in total. The highest BCUT2D eigenvalue weighted by Gasteiger charge is 2.10. The maximum atomic E-state index is 11.6. The second kappa shape index (κ2) is 6.78. The Morgan fingerprint density at radius 3 is 2.70 bits per heavy atom. The molecule has 1 amide bonds. The number of aromatic amines is 1. The Labute approximate surface area is 116 Å². The molecular formula is C12H21N5O3. The summed E-state index contributed by atoms with van der Waals surface area (Å²) in [6.45, 7) is 4.16. The number of nitrogen functional groups attached to an aromatic ring is 1. The number of carbonyl (C=O) groups excluding carboxylic acids is 1. The first-order chi connectivity index (χ1) is 9.36. The largest absolute Gasteiger partial charge is 0.383 e. The van der Waals surface area contributed by atoms with E-state index in [0.29, 0.717) is 0 Å². The lowest BCUT2D eigenvalue weighted by atomic mass is 10.2. The predicted molar refractivity (Wildman–Crippen MR) is 77.7 cm³/mol. The van der Waals surface area contributed by atoms with Gasteiger partial charge in [-0.1, -0.05) is 6.92 Å². The Morgan fingerprint density at radius 2 is 2.10 bits per heavy atom. The third-order valence-electron chi connectivity index (χ3n) is 3.04. The third kappa shape index (κ3) is 3.87. The van der Waals surface area contributed by atoms with Gasteiger partial charge in [-0.2, -0.15) is 0 Å². The van der Waals surface area contributed by atoms with Crippen LogP contribution < -0.4 is 27.6 Å². The number of nitrogens with zero attached hydrogens (tertiary/aromatic N) is 1. The molecule has 0 aliphatic heterocycles. The van der Waals surface area contributed by atoms with Crippen LogP contribution in [0.4, 0.5) is 11.5 Å². The van der Waals surface area contributed by atoms with Crippen LogP contribution in [0.15, 0.2) is 9.59 Å². The lowest BCUT2D eigenvalue weighted by Crippen LogP contribution is -2.35. The molecule has 0 aliphatic rings. The highest BCUT2D eigenvalue weighted by molar-refractivity contribution is 5.77. The molecular weight excluding hydrogens is 262 g/mol. The number of nitrogens with two attached hydrogens (primary N) is 1. The summed E-state index contributed by atoms with van der Waals surface area (Å²) in [5, 5.41) is 5.60. The van der Waals surface area contributed by atoms with E-state index in [4.69, 9.17) is 5.73 Å². The SMILES string of the molecule is CCC(C)NC(=O)CCNc1c(N)n(C)c(=O)[nH]c1=O. The molecule has 1 unspecified atom stereocenters. The Morgan fingerprint density at radius 1 is 1.45 bits per heavy atom. The van der Waals surface area contributed by atoms with Gasteiger partial charge in [-0.25, -0.2) is 4.79 Å². The minimum atomic E-state index is -0.590. The fourth-order valence-corrected chi connectivity index (χ4v) is 1.56. The van der Waals surface area contributed by atoms with Gasteiger partial charge in [-0.15, -0.1) is 0 Å². The first-order valence-electron chi connectivity index (χ1n) is 6.48. The average Bonchev–Trinajstić information content (AvgIpc) is 2.40. The maximum absolute atomic E-state index is 11.6. The molecule has 1 rings (SSSR count). The number of amides is 1. The Kier molecular flexibility index (Phi) is 5.36. The minimum Gasteiger partial charge on any atom is -0.383 e. The Bertz CT molecular complexity index is 590. The summed E-state index contributed by atoms with van der Waals surface area (Å²) in [6.07, 6.45) is 1.07. The Balaban J connectivity index is 2.64. The van der Waals surface area contributed by atoms with Gasteiger partial charge < -0.3 is 16.4 Å². The molecule has 0 aliphatic carbocycles. The minimum absolute atomic E-state index is 0.0427. The fraction of sp³-hybridized carbons (Fsp3) is 0.583. The van der Waals surface area contributed by atoms with Crippen molar-refractivity contribution in [2.75, 3.05) is 17.6 Å². The number of carbonyl (C=O) groups is 1. The van der Waals surface area contributed by atoms with Crippen molar-refractivity contribution >= 4 is 17.4 Å². The number of anilines is 2. The number of H-pyrrole nitrogens is 1. The van der Waals surface area contributed by atoms with E-state index in [1.54, 1.807) is 0 Å². The molecule has 20 heavy (non-hydrogen) atoms. The van der Waals surface area contributed by atoms with Crippen molar-refractivity contribution in [2.45, 2.75) is 32.7 Å². The predicted octanol–water partition coefficient (Wildman–Crippen LogP) is -0.627. The lowest BCUT2D eigenvalue weighted by molar-refractivity contribution is -0.121. The molecule has 112 valence electrons. The second-order valence-corrected chi connectivity index (χ2v) is 4.63. The molecule has 0 saturated carbocycles. The summed E-state index contributed by atoms with van der Waals surface area (Å²) in [5.41, 5.74) is 4.62. The van der Waals surface area contributed by atoms with Gasteiger partial charge in [-0.3, -0.25) is 19.1 Å². The van der Waals surface area contributed by atoms with E-state index < -0.39 is 11.2 Å². The van der Waals surface area contributed by atoms with Gasteiger partial charge in [0, 0.05) is 26.1 Å². The van der Waals surface area contributed by atoms with Crippen molar-refractivity contribution in [1.29, 1.82) is 0 Å². The van der Waals surface area contributed by atoms with Crippen molar-refractivity contribution < 1.29 is 4.79 Å². The van der Waals surface area contributed by atoms with Crippen molar-refractivity contribution in [3.05, 3.63) is 20.8 Å². The molecule has 0 aromatic carbocycles. The number of nitrogens with one attached hydrogen (secondary N) is 3. The van der Waals surface area contributed by atoms with E-state index in [2.05, 4.69) is 15.6 Å². The van der Waals surface area contributed by atoms with E-state index in [1.807, 2.05) is 13.8 Å². The number of hydrogen-bond donors (Lipinski definition) is 4. The van der Waals surface area contributed by atoms with Crippen LogP contribution in [0.2, 0.25) is 0 Å².